The molecule has 0 atom stereocenters. The second-order valence-corrected chi connectivity index (χ2v) is 3.85. The van der Waals surface area contributed by atoms with E-state index < -0.39 is 0 Å². The summed E-state index contributed by atoms with van der Waals surface area (Å²) in [5.41, 5.74) is 1.04. The van der Waals surface area contributed by atoms with Gasteiger partial charge in [0.25, 0.3) is 0 Å². The molecule has 0 bridgehead atoms. The number of rotatable bonds is 5. The summed E-state index contributed by atoms with van der Waals surface area (Å²) in [5.74, 6) is -0.186. The second kappa shape index (κ2) is 6.36. The van der Waals surface area contributed by atoms with Gasteiger partial charge >= 0.3 is 0 Å². The van der Waals surface area contributed by atoms with E-state index >= 15 is 0 Å². The van der Waals surface area contributed by atoms with E-state index in [1.807, 2.05) is 6.08 Å². The summed E-state index contributed by atoms with van der Waals surface area (Å²) in [4.78, 5) is 0. The minimum atomic E-state index is -0.186. The quantitative estimate of drug-likeness (QED) is 0.731. The highest BCUT2D eigenvalue weighted by Crippen LogP contribution is 2.04. The SMILES string of the molecule is CC(C)NCCC=Cc1ccc(F)cc1. The topological polar surface area (TPSA) is 12.0 Å². The smallest absolute Gasteiger partial charge is 0.123 e. The Hall–Kier alpha value is -1.15. The number of hydrogen-bond acceptors (Lipinski definition) is 1. The summed E-state index contributed by atoms with van der Waals surface area (Å²) in [5, 5.41) is 3.33. The zero-order valence-corrected chi connectivity index (χ0v) is 9.33. The third kappa shape index (κ3) is 5.33. The second-order valence-electron chi connectivity index (χ2n) is 3.85. The van der Waals surface area contributed by atoms with Crippen molar-refractivity contribution in [3.8, 4) is 0 Å². The number of halogens is 1. The molecular weight excluding hydrogens is 189 g/mol. The van der Waals surface area contributed by atoms with Gasteiger partial charge < -0.3 is 5.32 Å². The Morgan fingerprint density at radius 3 is 2.53 bits per heavy atom. The van der Waals surface area contributed by atoms with E-state index in [1.54, 1.807) is 12.1 Å². The maximum atomic E-state index is 12.6. The van der Waals surface area contributed by atoms with Crippen molar-refractivity contribution in [1.29, 1.82) is 0 Å². The van der Waals surface area contributed by atoms with Crippen molar-refractivity contribution < 1.29 is 4.39 Å². The van der Waals surface area contributed by atoms with Crippen LogP contribution in [0.25, 0.3) is 6.08 Å². The molecule has 2 heteroatoms. The molecule has 0 aromatic heterocycles. The molecule has 1 rings (SSSR count). The molecule has 1 nitrogen and oxygen atoms in total. The van der Waals surface area contributed by atoms with Gasteiger partial charge in [-0.2, -0.15) is 0 Å². The highest BCUT2D eigenvalue weighted by molar-refractivity contribution is 5.48. The molecule has 0 heterocycles. The minimum Gasteiger partial charge on any atom is -0.314 e. The monoisotopic (exact) mass is 207 g/mol. The molecule has 0 spiro atoms. The Balaban J connectivity index is 2.29. The zero-order valence-electron chi connectivity index (χ0n) is 9.33. The Morgan fingerprint density at radius 1 is 1.27 bits per heavy atom. The summed E-state index contributed by atoms with van der Waals surface area (Å²) < 4.78 is 12.6. The van der Waals surface area contributed by atoms with Gasteiger partial charge in [0, 0.05) is 6.04 Å². The van der Waals surface area contributed by atoms with Crippen LogP contribution in [-0.4, -0.2) is 12.6 Å². The van der Waals surface area contributed by atoms with Gasteiger partial charge in [-0.1, -0.05) is 38.1 Å². The van der Waals surface area contributed by atoms with Crippen LogP contribution in [0, 0.1) is 5.82 Å². The average molecular weight is 207 g/mol. The Morgan fingerprint density at radius 2 is 1.93 bits per heavy atom. The predicted octanol–water partition coefficient (Wildman–Crippen LogP) is 3.23. The van der Waals surface area contributed by atoms with Crippen LogP contribution in [0.15, 0.2) is 30.3 Å². The first-order valence-corrected chi connectivity index (χ1v) is 5.34. The predicted molar refractivity (Wildman–Crippen MR) is 63.2 cm³/mol. The van der Waals surface area contributed by atoms with Crippen molar-refractivity contribution in [2.75, 3.05) is 6.54 Å². The number of hydrogen-bond donors (Lipinski definition) is 1. The summed E-state index contributed by atoms with van der Waals surface area (Å²) >= 11 is 0. The molecule has 0 unspecified atom stereocenters. The summed E-state index contributed by atoms with van der Waals surface area (Å²) in [6.45, 7) is 5.24. The molecule has 0 saturated carbocycles. The van der Waals surface area contributed by atoms with E-state index in [1.165, 1.54) is 12.1 Å². The van der Waals surface area contributed by atoms with E-state index in [0.717, 1.165) is 18.5 Å². The Bertz CT molecular complexity index is 301. The van der Waals surface area contributed by atoms with E-state index in [2.05, 4.69) is 25.2 Å². The van der Waals surface area contributed by atoms with E-state index in [9.17, 15) is 4.39 Å². The van der Waals surface area contributed by atoms with Crippen LogP contribution in [0.5, 0.6) is 0 Å². The standard InChI is InChI=1S/C13H18FN/c1-11(2)15-10-4-3-5-12-6-8-13(14)9-7-12/h3,5-9,11,15H,4,10H2,1-2H3. The molecular formula is C13H18FN. The highest BCUT2D eigenvalue weighted by Gasteiger charge is 1.90. The van der Waals surface area contributed by atoms with Gasteiger partial charge in [-0.3, -0.25) is 0 Å². The molecule has 0 radical (unpaired) electrons. The van der Waals surface area contributed by atoms with Gasteiger partial charge in [0.15, 0.2) is 0 Å². The highest BCUT2D eigenvalue weighted by atomic mass is 19.1. The normalized spacial score (nSPS) is 11.5. The van der Waals surface area contributed by atoms with Crippen molar-refractivity contribution in [2.24, 2.45) is 0 Å². The maximum Gasteiger partial charge on any atom is 0.123 e. The largest absolute Gasteiger partial charge is 0.314 e. The summed E-state index contributed by atoms with van der Waals surface area (Å²) in [6.07, 6.45) is 5.11. The van der Waals surface area contributed by atoms with E-state index in [4.69, 9.17) is 0 Å². The molecule has 0 aliphatic carbocycles. The van der Waals surface area contributed by atoms with Gasteiger partial charge in [-0.15, -0.1) is 0 Å². The first-order chi connectivity index (χ1) is 7.18. The van der Waals surface area contributed by atoms with Crippen LogP contribution in [0.2, 0.25) is 0 Å². The van der Waals surface area contributed by atoms with Crippen molar-refractivity contribution in [1.82, 2.24) is 5.32 Å². The zero-order chi connectivity index (χ0) is 11.1. The van der Waals surface area contributed by atoms with Crippen molar-refractivity contribution >= 4 is 6.08 Å². The summed E-state index contributed by atoms with van der Waals surface area (Å²) in [7, 11) is 0. The minimum absolute atomic E-state index is 0.186. The van der Waals surface area contributed by atoms with E-state index in [-0.39, 0.29) is 5.82 Å². The van der Waals surface area contributed by atoms with Gasteiger partial charge in [-0.25, -0.2) is 4.39 Å². The maximum absolute atomic E-state index is 12.6. The summed E-state index contributed by atoms with van der Waals surface area (Å²) in [6, 6.07) is 7.05. The molecule has 0 aliphatic rings. The van der Waals surface area contributed by atoms with Crippen LogP contribution in [-0.2, 0) is 0 Å². The van der Waals surface area contributed by atoms with Crippen molar-refractivity contribution in [3.63, 3.8) is 0 Å². The number of nitrogens with one attached hydrogen (secondary N) is 1. The first-order valence-electron chi connectivity index (χ1n) is 5.34. The lowest BCUT2D eigenvalue weighted by atomic mass is 10.2. The van der Waals surface area contributed by atoms with Crippen molar-refractivity contribution in [3.05, 3.63) is 41.7 Å². The first kappa shape index (κ1) is 11.9. The molecule has 0 saturated heterocycles. The molecule has 82 valence electrons. The van der Waals surface area contributed by atoms with Gasteiger partial charge in [0.05, 0.1) is 0 Å². The fourth-order valence-electron chi connectivity index (χ4n) is 1.25. The molecule has 0 amide bonds. The number of benzene rings is 1. The van der Waals surface area contributed by atoms with Crippen LogP contribution < -0.4 is 5.32 Å². The Labute approximate surface area is 91.0 Å². The molecule has 1 aromatic carbocycles. The average Bonchev–Trinajstić information content (AvgIpc) is 2.20. The molecule has 15 heavy (non-hydrogen) atoms. The van der Waals surface area contributed by atoms with Crippen LogP contribution in [0.4, 0.5) is 4.39 Å². The third-order valence-corrected chi connectivity index (χ3v) is 2.04. The third-order valence-electron chi connectivity index (χ3n) is 2.04. The molecule has 0 fully saturated rings. The van der Waals surface area contributed by atoms with Gasteiger partial charge in [0.1, 0.15) is 5.82 Å². The lowest BCUT2D eigenvalue weighted by Gasteiger charge is -2.04. The van der Waals surface area contributed by atoms with Crippen LogP contribution in [0.1, 0.15) is 25.8 Å². The lowest BCUT2D eigenvalue weighted by Crippen LogP contribution is -2.23. The van der Waals surface area contributed by atoms with Gasteiger partial charge in [-0.05, 0) is 30.7 Å². The fraction of sp³-hybridized carbons (Fsp3) is 0.385. The fourth-order valence-corrected chi connectivity index (χ4v) is 1.25. The molecule has 1 aromatic rings. The molecule has 0 aliphatic heterocycles. The lowest BCUT2D eigenvalue weighted by molar-refractivity contribution is 0.595. The van der Waals surface area contributed by atoms with Crippen LogP contribution in [0.3, 0.4) is 0 Å². The van der Waals surface area contributed by atoms with Crippen LogP contribution >= 0.6 is 0 Å². The van der Waals surface area contributed by atoms with E-state index in [0.29, 0.717) is 6.04 Å². The Kier molecular flexibility index (Phi) is 5.05. The van der Waals surface area contributed by atoms with Gasteiger partial charge in [0.2, 0.25) is 0 Å². The van der Waals surface area contributed by atoms with Crippen molar-refractivity contribution in [2.45, 2.75) is 26.3 Å². The molecule has 1 N–H and O–H groups in total.